The van der Waals surface area contributed by atoms with Crippen molar-refractivity contribution in [3.05, 3.63) is 53.6 Å². The van der Waals surface area contributed by atoms with Crippen LogP contribution in [0.2, 0.25) is 0 Å². The van der Waals surface area contributed by atoms with E-state index in [0.717, 1.165) is 5.56 Å². The number of hydrogen-bond donors (Lipinski definition) is 2. The number of rotatable bonds is 12. The van der Waals surface area contributed by atoms with Gasteiger partial charge in [0, 0.05) is 12.1 Å². The van der Waals surface area contributed by atoms with Crippen molar-refractivity contribution in [3.63, 3.8) is 0 Å². The summed E-state index contributed by atoms with van der Waals surface area (Å²) in [5.74, 6) is 1.83. The summed E-state index contributed by atoms with van der Waals surface area (Å²) in [6.45, 7) is 2.95. The first-order valence-electron chi connectivity index (χ1n) is 10.5. The molecule has 180 valence electrons. The lowest BCUT2D eigenvalue weighted by molar-refractivity contribution is -0.118. The molecule has 2 N–H and O–H groups in total. The van der Waals surface area contributed by atoms with Crippen LogP contribution in [0.3, 0.4) is 0 Å². The lowest BCUT2D eigenvalue weighted by Crippen LogP contribution is -2.27. The smallest absolute Gasteiger partial charge is 0.257 e. The van der Waals surface area contributed by atoms with E-state index in [-0.39, 0.29) is 17.6 Å². The van der Waals surface area contributed by atoms with Gasteiger partial charge >= 0.3 is 0 Å². The molecule has 0 aliphatic rings. The van der Waals surface area contributed by atoms with Crippen molar-refractivity contribution in [3.8, 4) is 17.2 Å². The SMILES string of the molecule is CCOc1ccc(C(=O)Nc2nnc(SCC(=O)NCCc3ccc(OC)c(OC)c3)s2)cc1. The minimum atomic E-state index is -0.288. The van der Waals surface area contributed by atoms with Crippen molar-refractivity contribution in [1.82, 2.24) is 15.5 Å². The van der Waals surface area contributed by atoms with E-state index in [2.05, 4.69) is 20.8 Å². The highest BCUT2D eigenvalue weighted by molar-refractivity contribution is 8.01. The third-order valence-electron chi connectivity index (χ3n) is 4.56. The van der Waals surface area contributed by atoms with Crippen LogP contribution in [-0.2, 0) is 11.2 Å². The van der Waals surface area contributed by atoms with Crippen LogP contribution in [0.25, 0.3) is 0 Å². The minimum absolute atomic E-state index is 0.111. The number of carbonyl (C=O) groups excluding carboxylic acids is 2. The molecule has 0 aliphatic carbocycles. The summed E-state index contributed by atoms with van der Waals surface area (Å²) in [5, 5.41) is 14.0. The first kappa shape index (κ1) is 25.3. The second-order valence-electron chi connectivity index (χ2n) is 6.86. The van der Waals surface area contributed by atoms with E-state index >= 15 is 0 Å². The molecule has 3 aromatic rings. The van der Waals surface area contributed by atoms with Crippen LogP contribution in [0.5, 0.6) is 17.2 Å². The predicted molar refractivity (Wildman–Crippen MR) is 132 cm³/mol. The first-order valence-corrected chi connectivity index (χ1v) is 12.3. The zero-order valence-electron chi connectivity index (χ0n) is 19.1. The Morgan fingerprint density at radius 1 is 1.03 bits per heavy atom. The Kier molecular flexibility index (Phi) is 9.53. The van der Waals surface area contributed by atoms with Gasteiger partial charge in [-0.2, -0.15) is 0 Å². The third kappa shape index (κ3) is 7.35. The lowest BCUT2D eigenvalue weighted by Gasteiger charge is -2.10. The van der Waals surface area contributed by atoms with Gasteiger partial charge in [0.25, 0.3) is 5.91 Å². The predicted octanol–water partition coefficient (Wildman–Crippen LogP) is 3.66. The number of nitrogens with one attached hydrogen (secondary N) is 2. The molecule has 9 nitrogen and oxygen atoms in total. The van der Waals surface area contributed by atoms with Crippen LogP contribution >= 0.6 is 23.1 Å². The number of carbonyl (C=O) groups is 2. The van der Waals surface area contributed by atoms with Gasteiger partial charge in [-0.25, -0.2) is 0 Å². The van der Waals surface area contributed by atoms with Crippen molar-refractivity contribution in [2.24, 2.45) is 0 Å². The van der Waals surface area contributed by atoms with Crippen LogP contribution < -0.4 is 24.8 Å². The molecule has 3 rings (SSSR count). The molecule has 1 heterocycles. The molecule has 1 aromatic heterocycles. The van der Waals surface area contributed by atoms with E-state index in [1.165, 1.54) is 23.1 Å². The number of ether oxygens (including phenoxy) is 3. The minimum Gasteiger partial charge on any atom is -0.494 e. The first-order chi connectivity index (χ1) is 16.5. The summed E-state index contributed by atoms with van der Waals surface area (Å²) >= 11 is 2.48. The van der Waals surface area contributed by atoms with Gasteiger partial charge in [-0.15, -0.1) is 10.2 Å². The van der Waals surface area contributed by atoms with Gasteiger partial charge < -0.3 is 19.5 Å². The second-order valence-corrected chi connectivity index (χ2v) is 9.06. The molecule has 0 radical (unpaired) electrons. The van der Waals surface area contributed by atoms with Gasteiger partial charge in [0.1, 0.15) is 5.75 Å². The van der Waals surface area contributed by atoms with Crippen LogP contribution in [0.15, 0.2) is 46.8 Å². The normalized spacial score (nSPS) is 10.4. The van der Waals surface area contributed by atoms with E-state index in [9.17, 15) is 9.59 Å². The standard InChI is InChI=1S/C23H26N4O5S2/c1-4-32-17-8-6-16(7-9-17)21(29)25-22-26-27-23(34-22)33-14-20(28)24-12-11-15-5-10-18(30-2)19(13-15)31-3/h5-10,13H,4,11-12,14H2,1-3H3,(H,24,28)(H,25,26,29). The molecule has 0 aliphatic heterocycles. The van der Waals surface area contributed by atoms with E-state index in [1.807, 2.05) is 25.1 Å². The van der Waals surface area contributed by atoms with Crippen LogP contribution in [0, 0.1) is 0 Å². The Hall–Kier alpha value is -3.31. The quantitative estimate of drug-likeness (QED) is 0.285. The van der Waals surface area contributed by atoms with Gasteiger partial charge in [0.2, 0.25) is 11.0 Å². The zero-order chi connectivity index (χ0) is 24.3. The average Bonchev–Trinajstić information content (AvgIpc) is 3.30. The summed E-state index contributed by atoms with van der Waals surface area (Å²) < 4.78 is 16.5. The molecule has 34 heavy (non-hydrogen) atoms. The number of methoxy groups -OCH3 is 2. The maximum absolute atomic E-state index is 12.4. The molecular weight excluding hydrogens is 476 g/mol. The van der Waals surface area contributed by atoms with Crippen LogP contribution in [-0.4, -0.2) is 55.1 Å². The maximum Gasteiger partial charge on any atom is 0.257 e. The highest BCUT2D eigenvalue weighted by Gasteiger charge is 2.12. The number of aromatic nitrogens is 2. The van der Waals surface area contributed by atoms with E-state index in [4.69, 9.17) is 14.2 Å². The summed E-state index contributed by atoms with van der Waals surface area (Å²) in [5.41, 5.74) is 1.52. The Morgan fingerprint density at radius 3 is 2.50 bits per heavy atom. The molecule has 0 bridgehead atoms. The topological polar surface area (TPSA) is 112 Å². The molecule has 0 unspecified atom stereocenters. The number of amides is 2. The van der Waals surface area contributed by atoms with Gasteiger partial charge in [0.15, 0.2) is 15.8 Å². The number of anilines is 1. The highest BCUT2D eigenvalue weighted by atomic mass is 32.2. The van der Waals surface area contributed by atoms with Gasteiger partial charge in [-0.3, -0.25) is 14.9 Å². The Morgan fingerprint density at radius 2 is 1.79 bits per heavy atom. The summed E-state index contributed by atoms with van der Waals surface area (Å²) in [6, 6.07) is 12.5. The van der Waals surface area contributed by atoms with E-state index < -0.39 is 0 Å². The molecule has 11 heteroatoms. The molecule has 0 fully saturated rings. The molecule has 2 aromatic carbocycles. The Balaban J connectivity index is 1.41. The Bertz CT molecular complexity index is 1100. The van der Waals surface area contributed by atoms with E-state index in [1.54, 1.807) is 38.5 Å². The van der Waals surface area contributed by atoms with Crippen molar-refractivity contribution >= 4 is 40.0 Å². The Labute approximate surface area is 206 Å². The van der Waals surface area contributed by atoms with Crippen molar-refractivity contribution < 1.29 is 23.8 Å². The molecular formula is C23H26N4O5S2. The fraction of sp³-hybridized carbons (Fsp3) is 0.304. The number of hydrogen-bond acceptors (Lipinski definition) is 9. The average molecular weight is 503 g/mol. The summed E-state index contributed by atoms with van der Waals surface area (Å²) in [6.07, 6.45) is 0.664. The van der Waals surface area contributed by atoms with Crippen molar-refractivity contribution in [2.45, 2.75) is 17.7 Å². The van der Waals surface area contributed by atoms with Gasteiger partial charge in [0.05, 0.1) is 26.6 Å². The number of benzene rings is 2. The largest absolute Gasteiger partial charge is 0.494 e. The fourth-order valence-corrected chi connectivity index (χ4v) is 4.49. The fourth-order valence-electron chi connectivity index (χ4n) is 2.92. The molecule has 0 atom stereocenters. The lowest BCUT2D eigenvalue weighted by atomic mass is 10.1. The van der Waals surface area contributed by atoms with Gasteiger partial charge in [-0.05, 0) is 55.3 Å². The molecule has 0 saturated heterocycles. The summed E-state index contributed by atoms with van der Waals surface area (Å²) in [7, 11) is 3.18. The maximum atomic E-state index is 12.4. The summed E-state index contributed by atoms with van der Waals surface area (Å²) in [4.78, 5) is 24.5. The van der Waals surface area contributed by atoms with Crippen molar-refractivity contribution in [1.29, 1.82) is 0 Å². The monoisotopic (exact) mass is 502 g/mol. The third-order valence-corrected chi connectivity index (χ3v) is 6.54. The van der Waals surface area contributed by atoms with Gasteiger partial charge in [-0.1, -0.05) is 29.2 Å². The number of nitrogens with zero attached hydrogens (tertiary/aromatic N) is 2. The van der Waals surface area contributed by atoms with Crippen LogP contribution in [0.4, 0.5) is 5.13 Å². The highest BCUT2D eigenvalue weighted by Crippen LogP contribution is 2.28. The zero-order valence-corrected chi connectivity index (χ0v) is 20.8. The molecule has 2 amide bonds. The number of thioether (sulfide) groups is 1. The second kappa shape index (κ2) is 12.8. The molecule has 0 saturated carbocycles. The van der Waals surface area contributed by atoms with Crippen LogP contribution in [0.1, 0.15) is 22.8 Å². The van der Waals surface area contributed by atoms with E-state index in [0.29, 0.717) is 51.9 Å². The van der Waals surface area contributed by atoms with Crippen molar-refractivity contribution in [2.75, 3.05) is 38.4 Å². The molecule has 0 spiro atoms.